The molecule has 3 heteroatoms. The Morgan fingerprint density at radius 3 is 2.67 bits per heavy atom. The molecule has 1 atom stereocenters. The van der Waals surface area contributed by atoms with Gasteiger partial charge in [-0.2, -0.15) is 0 Å². The first-order valence-corrected chi connectivity index (χ1v) is 4.21. The van der Waals surface area contributed by atoms with Gasteiger partial charge in [-0.1, -0.05) is 13.0 Å². The lowest BCUT2D eigenvalue weighted by atomic mass is 10.2. The number of nitrogens with one attached hydrogen (secondary N) is 1. The predicted octanol–water partition coefficient (Wildman–Crippen LogP) is 1.41. The van der Waals surface area contributed by atoms with Gasteiger partial charge in [0.05, 0.1) is 0 Å². The van der Waals surface area contributed by atoms with Gasteiger partial charge in [-0.3, -0.25) is 0 Å². The highest BCUT2D eigenvalue weighted by atomic mass is 16.4. The highest BCUT2D eigenvalue weighted by molar-refractivity contribution is 5.85. The zero-order valence-electron chi connectivity index (χ0n) is 7.92. The van der Waals surface area contributed by atoms with Gasteiger partial charge in [-0.25, -0.2) is 4.79 Å². The Morgan fingerprint density at radius 2 is 2.25 bits per heavy atom. The van der Waals surface area contributed by atoms with Gasteiger partial charge in [0.2, 0.25) is 0 Å². The van der Waals surface area contributed by atoms with Crippen molar-refractivity contribution < 1.29 is 9.90 Å². The zero-order chi connectivity index (χ0) is 9.56. The standard InChI is InChI=1S/C9H17NO2/c1-4-8(3)10-6-5-7(2)9(11)12/h5,8,10H,4,6H2,1-3H3,(H,11,12)/b7-5-. The fourth-order valence-corrected chi connectivity index (χ4v) is 0.645. The Hall–Kier alpha value is -0.830. The average molecular weight is 171 g/mol. The molecule has 0 radical (unpaired) electrons. The van der Waals surface area contributed by atoms with Crippen molar-refractivity contribution >= 4 is 5.97 Å². The second-order valence-corrected chi connectivity index (χ2v) is 2.91. The van der Waals surface area contributed by atoms with E-state index < -0.39 is 5.97 Å². The molecule has 3 nitrogen and oxygen atoms in total. The van der Waals surface area contributed by atoms with Gasteiger partial charge in [0.15, 0.2) is 0 Å². The second kappa shape index (κ2) is 5.77. The lowest BCUT2D eigenvalue weighted by Crippen LogP contribution is -2.25. The minimum absolute atomic E-state index is 0.394. The summed E-state index contributed by atoms with van der Waals surface area (Å²) in [6.07, 6.45) is 2.74. The predicted molar refractivity (Wildman–Crippen MR) is 49.1 cm³/mol. The van der Waals surface area contributed by atoms with Crippen LogP contribution >= 0.6 is 0 Å². The summed E-state index contributed by atoms with van der Waals surface area (Å²) in [5.74, 6) is -0.846. The third-order valence-corrected chi connectivity index (χ3v) is 1.82. The molecular weight excluding hydrogens is 154 g/mol. The first-order valence-electron chi connectivity index (χ1n) is 4.21. The van der Waals surface area contributed by atoms with Crippen molar-refractivity contribution in [2.45, 2.75) is 33.2 Å². The lowest BCUT2D eigenvalue weighted by Gasteiger charge is -2.08. The van der Waals surface area contributed by atoms with E-state index in [4.69, 9.17) is 5.11 Å². The van der Waals surface area contributed by atoms with Crippen LogP contribution in [0.2, 0.25) is 0 Å². The fourth-order valence-electron chi connectivity index (χ4n) is 0.645. The summed E-state index contributed by atoms with van der Waals surface area (Å²) in [7, 11) is 0. The van der Waals surface area contributed by atoms with Gasteiger partial charge >= 0.3 is 5.97 Å². The minimum atomic E-state index is -0.846. The SMILES string of the molecule is CCC(C)NC/C=C(/C)C(=O)O. The summed E-state index contributed by atoms with van der Waals surface area (Å²) in [5, 5.41) is 11.7. The maximum atomic E-state index is 10.3. The van der Waals surface area contributed by atoms with E-state index in [-0.39, 0.29) is 0 Å². The smallest absolute Gasteiger partial charge is 0.330 e. The minimum Gasteiger partial charge on any atom is -0.478 e. The van der Waals surface area contributed by atoms with E-state index in [1.54, 1.807) is 13.0 Å². The monoisotopic (exact) mass is 171 g/mol. The van der Waals surface area contributed by atoms with Crippen molar-refractivity contribution in [2.75, 3.05) is 6.54 Å². The van der Waals surface area contributed by atoms with Crippen LogP contribution in [0.25, 0.3) is 0 Å². The lowest BCUT2D eigenvalue weighted by molar-refractivity contribution is -0.132. The molecule has 0 heterocycles. The number of carboxylic acids is 1. The molecule has 1 unspecified atom stereocenters. The van der Waals surface area contributed by atoms with Crippen LogP contribution < -0.4 is 5.32 Å². The molecule has 0 aromatic rings. The third-order valence-electron chi connectivity index (χ3n) is 1.82. The fraction of sp³-hybridized carbons (Fsp3) is 0.667. The Morgan fingerprint density at radius 1 is 1.67 bits per heavy atom. The molecule has 0 fully saturated rings. The molecule has 0 aliphatic carbocycles. The summed E-state index contributed by atoms with van der Waals surface area (Å²) >= 11 is 0. The number of aliphatic carboxylic acids is 1. The maximum absolute atomic E-state index is 10.3. The first-order chi connectivity index (χ1) is 5.57. The van der Waals surface area contributed by atoms with Crippen LogP contribution in [-0.2, 0) is 4.79 Å². The van der Waals surface area contributed by atoms with Crippen LogP contribution in [0.3, 0.4) is 0 Å². The van der Waals surface area contributed by atoms with Crippen molar-refractivity contribution in [3.8, 4) is 0 Å². The summed E-state index contributed by atoms with van der Waals surface area (Å²) in [6, 6.07) is 0.447. The number of rotatable bonds is 5. The molecule has 0 spiro atoms. The summed E-state index contributed by atoms with van der Waals surface area (Å²) in [4.78, 5) is 10.3. The van der Waals surface area contributed by atoms with E-state index in [0.717, 1.165) is 6.42 Å². The van der Waals surface area contributed by atoms with E-state index in [9.17, 15) is 4.79 Å². The van der Waals surface area contributed by atoms with Gasteiger partial charge in [0.1, 0.15) is 0 Å². The highest BCUT2D eigenvalue weighted by Crippen LogP contribution is 1.92. The topological polar surface area (TPSA) is 49.3 Å². The van der Waals surface area contributed by atoms with Crippen LogP contribution in [0.15, 0.2) is 11.6 Å². The Bertz CT molecular complexity index is 175. The molecule has 0 aromatic heterocycles. The molecule has 0 amide bonds. The molecular formula is C9H17NO2. The van der Waals surface area contributed by atoms with Crippen molar-refractivity contribution in [3.63, 3.8) is 0 Å². The molecule has 0 saturated heterocycles. The Kier molecular flexibility index (Phi) is 5.37. The molecule has 0 rings (SSSR count). The molecule has 0 aliphatic heterocycles. The normalized spacial score (nSPS) is 14.4. The van der Waals surface area contributed by atoms with E-state index in [2.05, 4.69) is 19.2 Å². The van der Waals surface area contributed by atoms with Gasteiger partial charge in [0.25, 0.3) is 0 Å². The number of carbonyl (C=O) groups is 1. The highest BCUT2D eigenvalue weighted by Gasteiger charge is 1.99. The molecule has 12 heavy (non-hydrogen) atoms. The van der Waals surface area contributed by atoms with E-state index in [0.29, 0.717) is 18.2 Å². The van der Waals surface area contributed by atoms with Crippen LogP contribution in [0.5, 0.6) is 0 Å². The summed E-state index contributed by atoms with van der Waals surface area (Å²) in [5.41, 5.74) is 0.394. The number of carboxylic acid groups (broad SMARTS) is 1. The van der Waals surface area contributed by atoms with E-state index in [1.165, 1.54) is 0 Å². The second-order valence-electron chi connectivity index (χ2n) is 2.91. The van der Waals surface area contributed by atoms with Gasteiger partial charge in [0, 0.05) is 18.2 Å². The number of hydrogen-bond donors (Lipinski definition) is 2. The zero-order valence-corrected chi connectivity index (χ0v) is 7.92. The average Bonchev–Trinajstić information content (AvgIpc) is 2.03. The molecule has 70 valence electrons. The van der Waals surface area contributed by atoms with E-state index >= 15 is 0 Å². The van der Waals surface area contributed by atoms with Crippen molar-refractivity contribution in [2.24, 2.45) is 0 Å². The van der Waals surface area contributed by atoms with Crippen molar-refractivity contribution in [1.29, 1.82) is 0 Å². The summed E-state index contributed by atoms with van der Waals surface area (Å²) in [6.45, 7) is 6.39. The van der Waals surface area contributed by atoms with Crippen molar-refractivity contribution in [1.82, 2.24) is 5.32 Å². The quantitative estimate of drug-likeness (QED) is 0.615. The molecule has 2 N–H and O–H groups in total. The van der Waals surface area contributed by atoms with Gasteiger partial charge in [-0.05, 0) is 20.3 Å². The molecule has 0 bridgehead atoms. The third kappa shape index (κ3) is 4.91. The Labute approximate surface area is 73.5 Å². The van der Waals surface area contributed by atoms with Gasteiger partial charge < -0.3 is 10.4 Å². The number of hydrogen-bond acceptors (Lipinski definition) is 2. The molecule has 0 aliphatic rings. The van der Waals surface area contributed by atoms with Crippen molar-refractivity contribution in [3.05, 3.63) is 11.6 Å². The maximum Gasteiger partial charge on any atom is 0.330 e. The molecule has 0 aromatic carbocycles. The van der Waals surface area contributed by atoms with Crippen LogP contribution in [0.1, 0.15) is 27.2 Å². The summed E-state index contributed by atoms with van der Waals surface area (Å²) < 4.78 is 0. The van der Waals surface area contributed by atoms with Crippen LogP contribution in [0, 0.1) is 0 Å². The Balaban J connectivity index is 3.67. The largest absolute Gasteiger partial charge is 0.478 e. The first kappa shape index (κ1) is 11.2. The van der Waals surface area contributed by atoms with E-state index in [1.807, 2.05) is 0 Å². The van der Waals surface area contributed by atoms with Gasteiger partial charge in [-0.15, -0.1) is 0 Å². The van der Waals surface area contributed by atoms with Crippen LogP contribution in [0.4, 0.5) is 0 Å². The molecule has 0 saturated carbocycles. The van der Waals surface area contributed by atoms with Crippen LogP contribution in [-0.4, -0.2) is 23.7 Å².